The van der Waals surface area contributed by atoms with Crippen LogP contribution in [0.4, 0.5) is 0 Å². The van der Waals surface area contributed by atoms with Crippen LogP contribution in [0.25, 0.3) is 0 Å². The average molecular weight is 475 g/mol. The lowest BCUT2D eigenvalue weighted by atomic mass is 9.45. The fourth-order valence-corrected chi connectivity index (χ4v) is 7.44. The largest absolute Gasteiger partial charge is 0.0625 e. The molecule has 0 N–H and O–H groups in total. The van der Waals surface area contributed by atoms with E-state index in [2.05, 4.69) is 83.1 Å². The Morgan fingerprint density at radius 2 is 0.588 bits per heavy atom. The van der Waals surface area contributed by atoms with Gasteiger partial charge in [-0.15, -0.1) is 0 Å². The van der Waals surface area contributed by atoms with Crippen LogP contribution in [0.15, 0.2) is 0 Å². The monoisotopic (exact) mass is 475 g/mol. The minimum atomic E-state index is 0.851. The Hall–Kier alpha value is 0. The molecular weight excluding hydrogens is 408 g/mol. The topological polar surface area (TPSA) is 0 Å². The minimum Gasteiger partial charge on any atom is -0.0625 e. The number of hydrogen-bond donors (Lipinski definition) is 0. The van der Waals surface area contributed by atoms with Crippen molar-refractivity contribution in [2.45, 2.75) is 141 Å². The van der Waals surface area contributed by atoms with Gasteiger partial charge in [0.2, 0.25) is 0 Å². The fraction of sp³-hybridized carbons (Fsp3) is 1.00. The van der Waals surface area contributed by atoms with E-state index in [1.54, 1.807) is 25.7 Å². The maximum absolute atomic E-state index is 2.39. The van der Waals surface area contributed by atoms with Gasteiger partial charge in [-0.05, 0) is 134 Å². The van der Waals surface area contributed by atoms with Gasteiger partial charge in [0.15, 0.2) is 0 Å². The number of hydrogen-bond acceptors (Lipinski definition) is 0. The first-order chi connectivity index (χ1) is 15.7. The lowest BCUT2D eigenvalue weighted by Gasteiger charge is -2.60. The lowest BCUT2D eigenvalue weighted by Crippen LogP contribution is -2.50. The van der Waals surface area contributed by atoms with E-state index in [0.717, 1.165) is 76.4 Å². The summed E-state index contributed by atoms with van der Waals surface area (Å²) in [6, 6.07) is 0. The van der Waals surface area contributed by atoms with Gasteiger partial charge in [-0.1, -0.05) is 83.1 Å². The summed E-state index contributed by atoms with van der Waals surface area (Å²) in [5.41, 5.74) is 0.851. The average Bonchev–Trinajstić information content (AvgIpc) is 3.08. The van der Waals surface area contributed by atoms with E-state index >= 15 is 0 Å². The summed E-state index contributed by atoms with van der Waals surface area (Å²) >= 11 is 0. The molecule has 0 aromatic rings. The third-order valence-corrected chi connectivity index (χ3v) is 11.2. The second kappa shape index (κ2) is 13.0. The van der Waals surface area contributed by atoms with Crippen molar-refractivity contribution in [1.29, 1.82) is 0 Å². The van der Waals surface area contributed by atoms with Crippen LogP contribution in [0.1, 0.15) is 141 Å². The Kier molecular flexibility index (Phi) is 11.5. The van der Waals surface area contributed by atoms with Gasteiger partial charge in [0.1, 0.15) is 0 Å². The first kappa shape index (κ1) is 30.2. The summed E-state index contributed by atoms with van der Waals surface area (Å²) in [5.74, 6) is 11.8. The Balaban J connectivity index is 0.000000182. The zero-order valence-corrected chi connectivity index (χ0v) is 25.8. The maximum Gasteiger partial charge on any atom is -0.0287 e. The first-order valence-electron chi connectivity index (χ1n) is 15.7. The Morgan fingerprint density at radius 3 is 0.794 bits per heavy atom. The maximum atomic E-state index is 2.39. The predicted molar refractivity (Wildman–Crippen MR) is 154 cm³/mol. The van der Waals surface area contributed by atoms with Gasteiger partial charge < -0.3 is 0 Å². The molecule has 4 saturated carbocycles. The van der Waals surface area contributed by atoms with Gasteiger partial charge >= 0.3 is 0 Å². The van der Waals surface area contributed by atoms with Gasteiger partial charge in [0, 0.05) is 0 Å². The fourth-order valence-electron chi connectivity index (χ4n) is 7.44. The minimum absolute atomic E-state index is 0.851. The van der Waals surface area contributed by atoms with Crippen molar-refractivity contribution in [3.8, 4) is 0 Å². The van der Waals surface area contributed by atoms with Crippen LogP contribution in [0.3, 0.4) is 0 Å². The molecule has 2 atom stereocenters. The number of rotatable bonds is 6. The third-order valence-electron chi connectivity index (χ3n) is 11.2. The van der Waals surface area contributed by atoms with Gasteiger partial charge in [0.25, 0.3) is 0 Å². The van der Waals surface area contributed by atoms with Crippen LogP contribution in [0, 0.1) is 76.4 Å². The smallest absolute Gasteiger partial charge is 0.0287 e. The normalized spacial score (nSPS) is 36.9. The summed E-state index contributed by atoms with van der Waals surface area (Å²) in [4.78, 5) is 0. The molecule has 1 spiro atoms. The van der Waals surface area contributed by atoms with Crippen molar-refractivity contribution >= 4 is 0 Å². The molecule has 4 aliphatic rings. The Labute approximate surface area is 217 Å². The molecule has 0 saturated heterocycles. The van der Waals surface area contributed by atoms with E-state index < -0.39 is 0 Å². The molecule has 202 valence electrons. The molecular formula is C34H66. The molecule has 0 aromatic carbocycles. The van der Waals surface area contributed by atoms with Crippen molar-refractivity contribution < 1.29 is 0 Å². The summed E-state index contributed by atoms with van der Waals surface area (Å²) in [6.07, 6.45) is 13.7. The zero-order chi connectivity index (χ0) is 25.8. The van der Waals surface area contributed by atoms with E-state index in [4.69, 9.17) is 0 Å². The Bertz CT molecular complexity index is 495. The van der Waals surface area contributed by atoms with Gasteiger partial charge in [0.05, 0.1) is 0 Å². The zero-order valence-electron chi connectivity index (χ0n) is 25.8. The van der Waals surface area contributed by atoms with E-state index in [9.17, 15) is 0 Å². The standard InChI is InChI=1S/C13H24.C11H22.C10H20/c1-9(2)11-5-13(6-11)7-12(8-13)10(3)4;1-8(2)10-5-6-11(7-10)9(3)4;1-7(2)9-5-10(6-9)8(3)4/h9-12H,5-8H2,1-4H3;8-11H,5-7H2,1-4H3;7-10H,5-6H2,1-4H3. The highest BCUT2D eigenvalue weighted by Gasteiger charge is 2.53. The van der Waals surface area contributed by atoms with Crippen molar-refractivity contribution in [3.05, 3.63) is 0 Å². The summed E-state index contributed by atoms with van der Waals surface area (Å²) in [6.45, 7) is 28.4. The van der Waals surface area contributed by atoms with Crippen LogP contribution in [0.2, 0.25) is 0 Å². The first-order valence-corrected chi connectivity index (χ1v) is 15.7. The molecule has 0 aliphatic heterocycles. The second-order valence-electron chi connectivity index (χ2n) is 15.6. The third kappa shape index (κ3) is 8.26. The lowest BCUT2D eigenvalue weighted by molar-refractivity contribution is -0.0955. The highest BCUT2D eigenvalue weighted by atomic mass is 14.6. The van der Waals surface area contributed by atoms with Crippen LogP contribution in [0.5, 0.6) is 0 Å². The van der Waals surface area contributed by atoms with E-state index in [1.165, 1.54) is 32.1 Å². The highest BCUT2D eigenvalue weighted by molar-refractivity contribution is 5.03. The molecule has 4 fully saturated rings. The van der Waals surface area contributed by atoms with Crippen LogP contribution >= 0.6 is 0 Å². The molecule has 0 aromatic heterocycles. The SMILES string of the molecule is CC(C)C1CC(C(C)C)C1.CC(C)C1CC2(C1)CC(C(C)C)C2.CC(C)C1CCC(C(C)C)C1. The molecule has 4 rings (SSSR count). The molecule has 0 amide bonds. The van der Waals surface area contributed by atoms with Crippen molar-refractivity contribution in [1.82, 2.24) is 0 Å². The Morgan fingerprint density at radius 1 is 0.353 bits per heavy atom. The second-order valence-corrected chi connectivity index (χ2v) is 15.6. The van der Waals surface area contributed by atoms with Crippen LogP contribution < -0.4 is 0 Å². The molecule has 34 heavy (non-hydrogen) atoms. The summed E-state index contributed by atoms with van der Waals surface area (Å²) in [5, 5.41) is 0. The van der Waals surface area contributed by atoms with E-state index in [0.29, 0.717) is 0 Å². The molecule has 0 heterocycles. The quantitative estimate of drug-likeness (QED) is 0.359. The molecule has 2 unspecified atom stereocenters. The predicted octanol–water partition coefficient (Wildman–Crippen LogP) is 11.1. The van der Waals surface area contributed by atoms with Crippen molar-refractivity contribution in [2.24, 2.45) is 76.4 Å². The van der Waals surface area contributed by atoms with Crippen LogP contribution in [-0.2, 0) is 0 Å². The molecule has 0 bridgehead atoms. The summed E-state index contributed by atoms with van der Waals surface area (Å²) < 4.78 is 0. The van der Waals surface area contributed by atoms with Crippen molar-refractivity contribution in [2.75, 3.05) is 0 Å². The van der Waals surface area contributed by atoms with Crippen LogP contribution in [-0.4, -0.2) is 0 Å². The van der Waals surface area contributed by atoms with E-state index in [-0.39, 0.29) is 0 Å². The summed E-state index contributed by atoms with van der Waals surface area (Å²) in [7, 11) is 0. The van der Waals surface area contributed by atoms with Gasteiger partial charge in [-0.2, -0.15) is 0 Å². The molecule has 4 aliphatic carbocycles. The van der Waals surface area contributed by atoms with Gasteiger partial charge in [-0.25, -0.2) is 0 Å². The molecule has 0 radical (unpaired) electrons. The highest BCUT2D eigenvalue weighted by Crippen LogP contribution is 2.64. The molecule has 0 nitrogen and oxygen atoms in total. The van der Waals surface area contributed by atoms with E-state index in [1.807, 2.05) is 0 Å². The van der Waals surface area contributed by atoms with Gasteiger partial charge in [-0.3, -0.25) is 0 Å². The van der Waals surface area contributed by atoms with Crippen molar-refractivity contribution in [3.63, 3.8) is 0 Å². The molecule has 0 heteroatoms.